The molecule has 0 aliphatic carbocycles. The molecule has 150 valence electrons. The molecule has 29 heavy (non-hydrogen) atoms. The van der Waals surface area contributed by atoms with E-state index in [9.17, 15) is 19.2 Å². The van der Waals surface area contributed by atoms with Gasteiger partial charge in [0.1, 0.15) is 5.75 Å². The maximum absolute atomic E-state index is 12.3. The number of hydrogen-bond acceptors (Lipinski definition) is 6. The second-order valence-electron chi connectivity index (χ2n) is 6.52. The van der Waals surface area contributed by atoms with E-state index in [0.717, 1.165) is 0 Å². The van der Waals surface area contributed by atoms with E-state index in [-0.39, 0.29) is 12.2 Å². The van der Waals surface area contributed by atoms with Crippen molar-refractivity contribution in [2.24, 2.45) is 0 Å². The Morgan fingerprint density at radius 2 is 1.83 bits per heavy atom. The number of carbonyl (C=O) groups is 4. The molecule has 1 heterocycles. The van der Waals surface area contributed by atoms with Crippen molar-refractivity contribution in [3.8, 4) is 5.75 Å². The van der Waals surface area contributed by atoms with E-state index >= 15 is 0 Å². The van der Waals surface area contributed by atoms with Crippen LogP contribution in [0.25, 0.3) is 0 Å². The number of benzene rings is 2. The molecule has 0 spiro atoms. The molecule has 2 atom stereocenters. The van der Waals surface area contributed by atoms with Crippen molar-refractivity contribution in [3.63, 3.8) is 0 Å². The first kappa shape index (κ1) is 20.1. The highest BCUT2D eigenvalue weighted by atomic mass is 16.6. The lowest BCUT2D eigenvalue weighted by Gasteiger charge is -2.25. The number of fused-ring (bicyclic) bond motifs is 1. The number of esters is 1. The third kappa shape index (κ3) is 4.78. The largest absolute Gasteiger partial charge is 0.478 e. The van der Waals surface area contributed by atoms with Gasteiger partial charge in [-0.2, -0.15) is 0 Å². The van der Waals surface area contributed by atoms with E-state index in [1.165, 1.54) is 13.8 Å². The Morgan fingerprint density at radius 1 is 1.14 bits per heavy atom. The van der Waals surface area contributed by atoms with Crippen LogP contribution in [0.1, 0.15) is 30.6 Å². The number of ketones is 1. The lowest BCUT2D eigenvalue weighted by Crippen LogP contribution is -2.40. The summed E-state index contributed by atoms with van der Waals surface area (Å²) in [5.74, 6) is -1.56. The summed E-state index contributed by atoms with van der Waals surface area (Å²) in [5, 5.41) is 5.23. The van der Waals surface area contributed by atoms with Crippen LogP contribution in [0.3, 0.4) is 0 Å². The van der Waals surface area contributed by atoms with Crippen LogP contribution in [0.15, 0.2) is 48.5 Å². The molecule has 3 rings (SSSR count). The fourth-order valence-electron chi connectivity index (χ4n) is 2.81. The van der Waals surface area contributed by atoms with Crippen molar-refractivity contribution in [3.05, 3.63) is 54.1 Å². The number of anilines is 2. The van der Waals surface area contributed by atoms with Crippen molar-refractivity contribution >= 4 is 34.9 Å². The van der Waals surface area contributed by atoms with Gasteiger partial charge in [0.05, 0.1) is 17.8 Å². The van der Waals surface area contributed by atoms with Gasteiger partial charge in [-0.1, -0.05) is 24.3 Å². The molecule has 2 N–H and O–H groups in total. The van der Waals surface area contributed by atoms with Crippen LogP contribution in [0.4, 0.5) is 11.4 Å². The van der Waals surface area contributed by atoms with Gasteiger partial charge in [0.2, 0.25) is 0 Å². The average Bonchev–Trinajstić information content (AvgIpc) is 2.68. The van der Waals surface area contributed by atoms with E-state index in [2.05, 4.69) is 10.6 Å². The average molecular weight is 396 g/mol. The maximum Gasteiger partial charge on any atom is 0.310 e. The molecule has 0 unspecified atom stereocenters. The number of carbonyl (C=O) groups excluding carboxylic acids is 4. The van der Waals surface area contributed by atoms with Crippen molar-refractivity contribution in [2.75, 3.05) is 10.6 Å². The summed E-state index contributed by atoms with van der Waals surface area (Å²) in [5.41, 5.74) is 1.21. The third-order valence-electron chi connectivity index (χ3n) is 4.30. The highest BCUT2D eigenvalue weighted by Gasteiger charge is 2.31. The van der Waals surface area contributed by atoms with Gasteiger partial charge in [-0.3, -0.25) is 19.2 Å². The summed E-state index contributed by atoms with van der Waals surface area (Å²) in [4.78, 5) is 48.3. The summed E-state index contributed by atoms with van der Waals surface area (Å²) < 4.78 is 10.7. The number of amides is 2. The van der Waals surface area contributed by atoms with E-state index in [1.807, 2.05) is 0 Å². The fraction of sp³-hybridized carbons (Fsp3) is 0.238. The van der Waals surface area contributed by atoms with E-state index < -0.39 is 30.0 Å². The molecule has 1 aliphatic heterocycles. The maximum atomic E-state index is 12.3. The first-order valence-corrected chi connectivity index (χ1v) is 9.02. The molecule has 2 aromatic carbocycles. The van der Waals surface area contributed by atoms with Gasteiger partial charge in [-0.05, 0) is 38.1 Å². The normalized spacial score (nSPS) is 15.9. The first-order valence-electron chi connectivity index (χ1n) is 9.02. The second-order valence-corrected chi connectivity index (χ2v) is 6.52. The minimum Gasteiger partial charge on any atom is -0.478 e. The van der Waals surface area contributed by atoms with Crippen LogP contribution < -0.4 is 15.4 Å². The summed E-state index contributed by atoms with van der Waals surface area (Å²) >= 11 is 0. The van der Waals surface area contributed by atoms with Crippen LogP contribution in [0, 0.1) is 0 Å². The van der Waals surface area contributed by atoms with Gasteiger partial charge in [-0.15, -0.1) is 0 Å². The number of rotatable bonds is 6. The summed E-state index contributed by atoms with van der Waals surface area (Å²) in [7, 11) is 0. The van der Waals surface area contributed by atoms with Gasteiger partial charge in [-0.25, -0.2) is 0 Å². The zero-order valence-corrected chi connectivity index (χ0v) is 15.9. The number of para-hydroxylation sites is 3. The zero-order valence-electron chi connectivity index (χ0n) is 15.9. The monoisotopic (exact) mass is 396 g/mol. The topological polar surface area (TPSA) is 111 Å². The van der Waals surface area contributed by atoms with E-state index in [0.29, 0.717) is 22.7 Å². The first-order chi connectivity index (χ1) is 13.8. The highest BCUT2D eigenvalue weighted by molar-refractivity contribution is 6.05. The predicted octanol–water partition coefficient (Wildman–Crippen LogP) is 2.55. The minimum atomic E-state index is -1.12. The molecule has 1 aliphatic rings. The van der Waals surface area contributed by atoms with Crippen LogP contribution >= 0.6 is 0 Å². The Hall–Kier alpha value is -3.68. The van der Waals surface area contributed by atoms with Crippen LogP contribution in [0.5, 0.6) is 5.75 Å². The van der Waals surface area contributed by atoms with Crippen molar-refractivity contribution < 1.29 is 28.7 Å². The molecule has 2 aromatic rings. The molecule has 0 bridgehead atoms. The van der Waals surface area contributed by atoms with Crippen LogP contribution in [-0.2, 0) is 19.1 Å². The second kappa shape index (κ2) is 8.55. The number of nitrogens with one attached hydrogen (secondary N) is 2. The summed E-state index contributed by atoms with van der Waals surface area (Å²) in [6, 6.07) is 13.4. The Kier molecular flexibility index (Phi) is 5.92. The molecule has 8 nitrogen and oxygen atoms in total. The smallest absolute Gasteiger partial charge is 0.310 e. The van der Waals surface area contributed by atoms with Crippen molar-refractivity contribution in [1.82, 2.24) is 0 Å². The lowest BCUT2D eigenvalue weighted by molar-refractivity contribution is -0.155. The lowest BCUT2D eigenvalue weighted by atomic mass is 10.1. The zero-order chi connectivity index (χ0) is 21.0. The van der Waals surface area contributed by atoms with Gasteiger partial charge >= 0.3 is 5.97 Å². The number of Topliss-reactive ketones (excluding diaryl/α,β-unsaturated/α-hetero) is 1. The van der Waals surface area contributed by atoms with Gasteiger partial charge in [0.15, 0.2) is 18.0 Å². The highest BCUT2D eigenvalue weighted by Crippen LogP contribution is 2.29. The molecule has 8 heteroatoms. The molecule has 0 saturated heterocycles. The Balaban J connectivity index is 1.57. The van der Waals surface area contributed by atoms with Crippen LogP contribution in [-0.4, -0.2) is 35.8 Å². The molecule has 0 saturated carbocycles. The molecule has 2 amide bonds. The van der Waals surface area contributed by atoms with Gasteiger partial charge in [0.25, 0.3) is 11.8 Å². The van der Waals surface area contributed by atoms with Crippen molar-refractivity contribution in [1.29, 1.82) is 0 Å². The fourth-order valence-corrected chi connectivity index (χ4v) is 2.81. The molecule has 0 aromatic heterocycles. The van der Waals surface area contributed by atoms with Gasteiger partial charge < -0.3 is 20.1 Å². The SMILES string of the molecule is CC(=O)c1ccccc1NC(=O)[C@@H](C)OC(=O)C[C@H]1Oc2ccccc2NC1=O. The minimum absolute atomic E-state index is 0.203. The third-order valence-corrected chi connectivity index (χ3v) is 4.30. The molecular weight excluding hydrogens is 376 g/mol. The molecule has 0 radical (unpaired) electrons. The van der Waals surface area contributed by atoms with Crippen LogP contribution in [0.2, 0.25) is 0 Å². The number of hydrogen-bond donors (Lipinski definition) is 2. The van der Waals surface area contributed by atoms with Gasteiger partial charge in [0, 0.05) is 5.56 Å². The van der Waals surface area contributed by atoms with E-state index in [1.54, 1.807) is 48.5 Å². The molecular formula is C21H20N2O6. The quantitative estimate of drug-likeness (QED) is 0.573. The predicted molar refractivity (Wildman–Crippen MR) is 105 cm³/mol. The standard InChI is InChI=1S/C21H20N2O6/c1-12(24)14-7-3-4-8-15(14)22-20(26)13(2)28-19(25)11-18-21(27)23-16-9-5-6-10-17(16)29-18/h3-10,13,18H,11H2,1-2H3,(H,22,26)(H,23,27)/t13-,18-/m1/s1. The van der Waals surface area contributed by atoms with E-state index in [4.69, 9.17) is 9.47 Å². The summed E-state index contributed by atoms with van der Waals surface area (Å²) in [6.07, 6.45) is -2.52. The van der Waals surface area contributed by atoms with Crippen molar-refractivity contribution in [2.45, 2.75) is 32.5 Å². The number of ether oxygens (including phenoxy) is 2. The molecule has 0 fully saturated rings. The Labute approximate surface area is 167 Å². The summed E-state index contributed by atoms with van der Waals surface area (Å²) in [6.45, 7) is 2.79. The Bertz CT molecular complexity index is 971. The Morgan fingerprint density at radius 3 is 2.59 bits per heavy atom.